The number of halogens is 2. The second-order valence-electron chi connectivity index (χ2n) is 11.1. The van der Waals surface area contributed by atoms with Crippen molar-refractivity contribution in [2.24, 2.45) is 0 Å². The molecule has 0 spiro atoms. The van der Waals surface area contributed by atoms with E-state index in [-0.39, 0.29) is 17.9 Å². The molecule has 1 heterocycles. The van der Waals surface area contributed by atoms with Gasteiger partial charge in [-0.3, -0.25) is 0 Å². The van der Waals surface area contributed by atoms with Crippen molar-refractivity contribution in [1.29, 1.82) is 5.26 Å². The zero-order chi connectivity index (χ0) is 27.3. The maximum absolute atomic E-state index is 13.9. The minimum absolute atomic E-state index is 0.147. The number of alkyl carbamates (subject to hydrolysis) is 1. The van der Waals surface area contributed by atoms with Crippen molar-refractivity contribution in [1.82, 2.24) is 15.5 Å². The van der Waals surface area contributed by atoms with Crippen LogP contribution in [-0.4, -0.2) is 46.8 Å². The Labute approximate surface area is 221 Å². The third kappa shape index (κ3) is 9.01. The number of likely N-dealkylation sites (tertiary alicyclic amines) is 1. The average molecular weight is 568 g/mol. The lowest BCUT2D eigenvalue weighted by atomic mass is 9.91. The van der Waals surface area contributed by atoms with Crippen LogP contribution in [0.3, 0.4) is 0 Å². The van der Waals surface area contributed by atoms with Crippen molar-refractivity contribution in [3.63, 3.8) is 0 Å². The topological polar surface area (TPSA) is 104 Å². The number of rotatable bonds is 6. The molecule has 0 radical (unpaired) electrons. The predicted octanol–water partition coefficient (Wildman–Crippen LogP) is 5.13. The number of nitriles is 1. The van der Waals surface area contributed by atoms with Crippen LogP contribution in [-0.2, 0) is 20.8 Å². The number of hydrogen-bond acceptors (Lipinski definition) is 7. The highest BCUT2D eigenvalue weighted by atomic mass is 79.9. The molecule has 1 aromatic carbocycles. The number of amides is 1. The van der Waals surface area contributed by atoms with Gasteiger partial charge in [0.2, 0.25) is 0 Å². The van der Waals surface area contributed by atoms with E-state index in [0.29, 0.717) is 36.0 Å². The fourth-order valence-electron chi connectivity index (χ4n) is 3.82. The average Bonchev–Trinajstić information content (AvgIpc) is 2.70. The molecule has 0 unspecified atom stereocenters. The zero-order valence-electron chi connectivity index (χ0n) is 22.1. The molecule has 1 fully saturated rings. The molecule has 1 amide bonds. The van der Waals surface area contributed by atoms with Crippen LogP contribution >= 0.6 is 15.9 Å². The van der Waals surface area contributed by atoms with Gasteiger partial charge >= 0.3 is 12.1 Å². The number of piperidine rings is 1. The SMILES string of the molecule is CC(C)(C)OC(=O)N[C@]1(C)CCCN(/C(NCc2cc(F)ccc2Br)=C(/C#N)C(=O)OC(C)(C)C)C1. The lowest BCUT2D eigenvalue weighted by Crippen LogP contribution is -2.58. The van der Waals surface area contributed by atoms with Gasteiger partial charge in [-0.25, -0.2) is 14.0 Å². The fraction of sp³-hybridized carbons (Fsp3) is 0.577. The van der Waals surface area contributed by atoms with Gasteiger partial charge < -0.3 is 25.0 Å². The van der Waals surface area contributed by atoms with Crippen LogP contribution in [0.25, 0.3) is 0 Å². The summed E-state index contributed by atoms with van der Waals surface area (Å²) in [4.78, 5) is 27.3. The fourth-order valence-corrected chi connectivity index (χ4v) is 4.21. The quantitative estimate of drug-likeness (QED) is 0.279. The van der Waals surface area contributed by atoms with Gasteiger partial charge in [0.25, 0.3) is 0 Å². The summed E-state index contributed by atoms with van der Waals surface area (Å²) in [5.41, 5.74) is -1.71. The van der Waals surface area contributed by atoms with Gasteiger partial charge in [0.05, 0.1) is 5.54 Å². The number of hydrogen-bond donors (Lipinski definition) is 2. The van der Waals surface area contributed by atoms with E-state index in [1.165, 1.54) is 12.1 Å². The third-order valence-electron chi connectivity index (χ3n) is 5.22. The van der Waals surface area contributed by atoms with E-state index in [9.17, 15) is 19.2 Å². The van der Waals surface area contributed by atoms with Gasteiger partial charge in [0, 0.05) is 24.1 Å². The maximum Gasteiger partial charge on any atom is 0.408 e. The Morgan fingerprint density at radius 1 is 1.19 bits per heavy atom. The van der Waals surface area contributed by atoms with Gasteiger partial charge in [-0.2, -0.15) is 5.26 Å². The minimum atomic E-state index is -0.801. The number of carbonyl (C=O) groups excluding carboxylic acids is 2. The Kier molecular flexibility index (Phi) is 9.40. The number of esters is 1. The van der Waals surface area contributed by atoms with Gasteiger partial charge in [-0.15, -0.1) is 0 Å². The first-order valence-corrected chi connectivity index (χ1v) is 12.6. The van der Waals surface area contributed by atoms with E-state index in [0.717, 1.165) is 0 Å². The van der Waals surface area contributed by atoms with E-state index >= 15 is 0 Å². The summed E-state index contributed by atoms with van der Waals surface area (Å²) >= 11 is 3.41. The van der Waals surface area contributed by atoms with Crippen LogP contribution in [0.5, 0.6) is 0 Å². The number of benzene rings is 1. The molecular weight excluding hydrogens is 531 g/mol. The summed E-state index contributed by atoms with van der Waals surface area (Å²) in [5, 5.41) is 16.1. The van der Waals surface area contributed by atoms with Crippen LogP contribution in [0.2, 0.25) is 0 Å². The summed E-state index contributed by atoms with van der Waals surface area (Å²) in [6.07, 6.45) is 0.829. The number of carbonyl (C=O) groups is 2. The first kappa shape index (κ1) is 29.4. The van der Waals surface area contributed by atoms with Crippen molar-refractivity contribution in [3.8, 4) is 6.07 Å². The molecule has 1 aromatic rings. The Morgan fingerprint density at radius 3 is 2.42 bits per heavy atom. The van der Waals surface area contributed by atoms with Crippen molar-refractivity contribution in [2.45, 2.75) is 84.6 Å². The Bertz CT molecular complexity index is 1060. The van der Waals surface area contributed by atoms with Crippen LogP contribution < -0.4 is 10.6 Å². The summed E-state index contributed by atoms with van der Waals surface area (Å²) in [5.74, 6) is -0.904. The highest BCUT2D eigenvalue weighted by molar-refractivity contribution is 9.10. The molecule has 36 heavy (non-hydrogen) atoms. The number of ether oxygens (including phenoxy) is 2. The second kappa shape index (κ2) is 11.5. The van der Waals surface area contributed by atoms with E-state index < -0.39 is 34.6 Å². The first-order valence-electron chi connectivity index (χ1n) is 11.8. The van der Waals surface area contributed by atoms with E-state index in [1.807, 2.05) is 17.9 Å². The minimum Gasteiger partial charge on any atom is -0.456 e. The molecule has 1 saturated heterocycles. The molecular formula is C26H36BrFN4O4. The van der Waals surface area contributed by atoms with Crippen molar-refractivity contribution < 1.29 is 23.5 Å². The van der Waals surface area contributed by atoms with Gasteiger partial charge in [-0.05, 0) is 85.1 Å². The summed E-state index contributed by atoms with van der Waals surface area (Å²) in [6.45, 7) is 13.4. The summed E-state index contributed by atoms with van der Waals surface area (Å²) < 4.78 is 25.5. The maximum atomic E-state index is 13.9. The van der Waals surface area contributed by atoms with E-state index in [2.05, 4.69) is 26.6 Å². The van der Waals surface area contributed by atoms with Crippen LogP contribution in [0, 0.1) is 17.1 Å². The van der Waals surface area contributed by atoms with Gasteiger partial charge in [0.15, 0.2) is 5.57 Å². The lowest BCUT2D eigenvalue weighted by Gasteiger charge is -2.43. The van der Waals surface area contributed by atoms with Gasteiger partial charge in [0.1, 0.15) is 28.9 Å². The first-order chi connectivity index (χ1) is 16.5. The van der Waals surface area contributed by atoms with Crippen LogP contribution in [0.15, 0.2) is 34.1 Å². The molecule has 10 heteroatoms. The van der Waals surface area contributed by atoms with E-state index in [4.69, 9.17) is 9.47 Å². The Morgan fingerprint density at radius 2 is 1.83 bits per heavy atom. The van der Waals surface area contributed by atoms with Crippen LogP contribution in [0.1, 0.15) is 66.9 Å². The van der Waals surface area contributed by atoms with Crippen molar-refractivity contribution in [2.75, 3.05) is 13.1 Å². The smallest absolute Gasteiger partial charge is 0.408 e. The highest BCUT2D eigenvalue weighted by Crippen LogP contribution is 2.27. The number of nitrogens with zero attached hydrogens (tertiary/aromatic N) is 2. The number of nitrogens with one attached hydrogen (secondary N) is 2. The zero-order valence-corrected chi connectivity index (χ0v) is 23.6. The molecule has 8 nitrogen and oxygen atoms in total. The molecule has 0 aromatic heterocycles. The molecule has 198 valence electrons. The highest BCUT2D eigenvalue weighted by Gasteiger charge is 2.36. The van der Waals surface area contributed by atoms with Crippen molar-refractivity contribution in [3.05, 3.63) is 45.4 Å². The second-order valence-corrected chi connectivity index (χ2v) is 12.0. The molecule has 0 bridgehead atoms. The molecule has 1 atom stereocenters. The predicted molar refractivity (Wildman–Crippen MR) is 138 cm³/mol. The lowest BCUT2D eigenvalue weighted by molar-refractivity contribution is -0.149. The summed E-state index contributed by atoms with van der Waals surface area (Å²) in [6, 6.07) is 6.29. The van der Waals surface area contributed by atoms with E-state index in [1.54, 1.807) is 47.6 Å². The van der Waals surface area contributed by atoms with Gasteiger partial charge in [-0.1, -0.05) is 15.9 Å². The Hall–Kier alpha value is -2.80. The van der Waals surface area contributed by atoms with Crippen LogP contribution in [0.4, 0.5) is 9.18 Å². The molecule has 2 rings (SSSR count). The van der Waals surface area contributed by atoms with Crippen molar-refractivity contribution >= 4 is 28.0 Å². The molecule has 0 aliphatic carbocycles. The monoisotopic (exact) mass is 566 g/mol. The normalized spacial score (nSPS) is 19.1. The Balaban J connectivity index is 2.40. The standard InChI is InChI=1S/C26H36BrFN4O4/c1-24(2,3)35-22(33)19(14-29)21(30-15-17-13-18(28)9-10-20(17)27)32-12-8-11-26(7,16-32)31-23(34)36-25(4,5)6/h9-10,13,30H,8,11-12,15-16H2,1-7H3,(H,31,34)/b21-19-/t26-/m1/s1. The third-order valence-corrected chi connectivity index (χ3v) is 5.99. The largest absolute Gasteiger partial charge is 0.456 e. The molecule has 1 aliphatic rings. The molecule has 2 N–H and O–H groups in total. The molecule has 1 aliphatic heterocycles. The molecule has 0 saturated carbocycles. The summed E-state index contributed by atoms with van der Waals surface area (Å²) in [7, 11) is 0.